The van der Waals surface area contributed by atoms with Gasteiger partial charge in [-0.2, -0.15) is 8.78 Å². The summed E-state index contributed by atoms with van der Waals surface area (Å²) < 4.78 is 59.6. The van der Waals surface area contributed by atoms with Gasteiger partial charge in [-0.25, -0.2) is 13.8 Å². The number of nitrogens with one attached hydrogen (secondary N) is 1. The number of pyridine rings is 1. The minimum Gasteiger partial charge on any atom is -0.491 e. The summed E-state index contributed by atoms with van der Waals surface area (Å²) in [6.45, 7) is 0. The van der Waals surface area contributed by atoms with E-state index in [1.807, 2.05) is 22.6 Å². The molecular weight excluding hydrogens is 419 g/mol. The first kappa shape index (κ1) is 16.5. The van der Waals surface area contributed by atoms with Crippen molar-refractivity contribution >= 4 is 34.3 Å². The zero-order valence-electron chi connectivity index (χ0n) is 10.9. The quantitative estimate of drug-likeness (QED) is 0.465. The van der Waals surface area contributed by atoms with E-state index in [1.54, 1.807) is 6.07 Å². The highest BCUT2D eigenvalue weighted by molar-refractivity contribution is 14.1. The molecule has 4 nitrogen and oxygen atoms in total. The van der Waals surface area contributed by atoms with Crippen LogP contribution >= 0.6 is 22.6 Å². The molecule has 22 heavy (non-hydrogen) atoms. The average molecular weight is 426 g/mol. The lowest BCUT2D eigenvalue weighted by Crippen LogP contribution is -2.19. The number of carbonyl (C=O) groups is 1. The van der Waals surface area contributed by atoms with Crippen LogP contribution in [0.25, 0.3) is 0 Å². The summed E-state index contributed by atoms with van der Waals surface area (Å²) in [5.74, 6) is -9.91. The monoisotopic (exact) mass is 426 g/mol. The highest BCUT2D eigenvalue weighted by Gasteiger charge is 2.30. The molecule has 0 saturated heterocycles. The molecule has 2 aromatic rings. The van der Waals surface area contributed by atoms with E-state index in [0.29, 0.717) is 0 Å². The number of methoxy groups -OCH3 is 1. The molecule has 1 aromatic carbocycles. The molecule has 2 rings (SSSR count). The second-order valence-electron chi connectivity index (χ2n) is 3.98. The zero-order chi connectivity index (χ0) is 16.4. The van der Waals surface area contributed by atoms with Crippen molar-refractivity contribution in [2.24, 2.45) is 0 Å². The van der Waals surface area contributed by atoms with Crippen LogP contribution in [-0.4, -0.2) is 18.0 Å². The Balaban J connectivity index is 2.44. The summed E-state index contributed by atoms with van der Waals surface area (Å²) >= 11 is 1.96. The van der Waals surface area contributed by atoms with Gasteiger partial charge in [0.2, 0.25) is 11.6 Å². The van der Waals surface area contributed by atoms with E-state index in [2.05, 4.69) is 15.0 Å². The maximum Gasteiger partial charge on any atom is 0.263 e. The lowest BCUT2D eigenvalue weighted by Gasteiger charge is -2.11. The molecule has 1 aromatic heterocycles. The maximum atomic E-state index is 13.8. The van der Waals surface area contributed by atoms with Gasteiger partial charge in [0.25, 0.3) is 5.91 Å². The third-order valence-electron chi connectivity index (χ3n) is 2.62. The highest BCUT2D eigenvalue weighted by atomic mass is 127. The topological polar surface area (TPSA) is 51.2 Å². The summed E-state index contributed by atoms with van der Waals surface area (Å²) in [6.07, 6.45) is 1.39. The lowest BCUT2D eigenvalue weighted by atomic mass is 10.1. The third-order valence-corrected chi connectivity index (χ3v) is 3.26. The number of rotatable bonds is 3. The van der Waals surface area contributed by atoms with Gasteiger partial charge in [0.15, 0.2) is 17.4 Å². The summed E-state index contributed by atoms with van der Waals surface area (Å²) in [5.41, 5.74) is -1.39. The molecule has 0 radical (unpaired) electrons. The normalized spacial score (nSPS) is 10.5. The molecule has 1 N–H and O–H groups in total. The van der Waals surface area contributed by atoms with Gasteiger partial charge in [-0.1, -0.05) is 0 Å². The Bertz CT molecular complexity index is 709. The summed E-state index contributed by atoms with van der Waals surface area (Å²) in [4.78, 5) is 15.6. The van der Waals surface area contributed by atoms with Crippen molar-refractivity contribution < 1.29 is 27.1 Å². The number of halogens is 5. The Kier molecular flexibility index (Phi) is 4.84. The lowest BCUT2D eigenvalue weighted by molar-refractivity contribution is 0.101. The van der Waals surface area contributed by atoms with Gasteiger partial charge in [-0.3, -0.25) is 4.79 Å². The molecule has 0 saturated carbocycles. The van der Waals surface area contributed by atoms with Crippen molar-refractivity contribution in [1.82, 2.24) is 4.98 Å². The van der Waals surface area contributed by atoms with Gasteiger partial charge in [0.1, 0.15) is 11.4 Å². The van der Waals surface area contributed by atoms with Gasteiger partial charge >= 0.3 is 0 Å². The number of benzene rings is 1. The third kappa shape index (κ3) is 2.98. The van der Waals surface area contributed by atoms with Gasteiger partial charge in [-0.05, 0) is 34.7 Å². The minimum absolute atomic E-state index is 0.0270. The van der Waals surface area contributed by atoms with Crippen molar-refractivity contribution in [3.05, 3.63) is 50.7 Å². The molecule has 0 fully saturated rings. The van der Waals surface area contributed by atoms with Gasteiger partial charge < -0.3 is 10.1 Å². The van der Waals surface area contributed by atoms with Crippen LogP contribution in [0.4, 0.5) is 23.4 Å². The van der Waals surface area contributed by atoms with Crippen molar-refractivity contribution in [3.8, 4) is 5.75 Å². The van der Waals surface area contributed by atoms with E-state index in [0.717, 1.165) is 10.7 Å². The van der Waals surface area contributed by atoms with E-state index in [9.17, 15) is 22.4 Å². The first-order chi connectivity index (χ1) is 10.4. The van der Waals surface area contributed by atoms with E-state index >= 15 is 0 Å². The molecule has 1 heterocycles. The first-order valence-electron chi connectivity index (χ1n) is 5.69. The molecule has 0 aliphatic rings. The van der Waals surface area contributed by atoms with Crippen LogP contribution in [0.1, 0.15) is 10.4 Å². The van der Waals surface area contributed by atoms with Crippen LogP contribution in [0.3, 0.4) is 0 Å². The molecule has 0 spiro atoms. The van der Waals surface area contributed by atoms with Crippen LogP contribution in [0.5, 0.6) is 5.75 Å². The SMILES string of the molecule is COc1c(F)c(F)c(C(=O)Nc2ccc(I)cn2)c(F)c1F. The number of hydrogen-bond donors (Lipinski definition) is 1. The van der Waals surface area contributed by atoms with Gasteiger partial charge in [0, 0.05) is 9.77 Å². The Morgan fingerprint density at radius 1 is 1.14 bits per heavy atom. The fraction of sp³-hybridized carbons (Fsp3) is 0.0769. The molecule has 1 amide bonds. The number of anilines is 1. The number of aromatic nitrogens is 1. The molecule has 9 heteroatoms. The maximum absolute atomic E-state index is 13.8. The predicted molar refractivity (Wildman–Crippen MR) is 77.7 cm³/mol. The smallest absolute Gasteiger partial charge is 0.263 e. The fourth-order valence-electron chi connectivity index (χ4n) is 1.62. The largest absolute Gasteiger partial charge is 0.491 e. The molecule has 0 unspecified atom stereocenters. The Hall–Kier alpha value is -1.91. The van der Waals surface area contributed by atoms with Crippen molar-refractivity contribution in [3.63, 3.8) is 0 Å². The van der Waals surface area contributed by atoms with Crippen molar-refractivity contribution in [2.75, 3.05) is 12.4 Å². The van der Waals surface area contributed by atoms with E-state index in [-0.39, 0.29) is 5.82 Å². The number of nitrogens with zero attached hydrogens (tertiary/aromatic N) is 1. The van der Waals surface area contributed by atoms with Crippen LogP contribution in [0, 0.1) is 26.8 Å². The first-order valence-corrected chi connectivity index (χ1v) is 6.77. The number of carbonyl (C=O) groups excluding carboxylic acids is 1. The van der Waals surface area contributed by atoms with Gasteiger partial charge in [-0.15, -0.1) is 0 Å². The van der Waals surface area contributed by atoms with Crippen LogP contribution in [-0.2, 0) is 0 Å². The minimum atomic E-state index is -1.85. The Morgan fingerprint density at radius 3 is 2.18 bits per heavy atom. The average Bonchev–Trinajstić information content (AvgIpc) is 2.48. The van der Waals surface area contributed by atoms with E-state index < -0.39 is 40.5 Å². The fourth-order valence-corrected chi connectivity index (χ4v) is 1.94. The highest BCUT2D eigenvalue weighted by Crippen LogP contribution is 2.30. The number of amides is 1. The van der Waals surface area contributed by atoms with Crippen LogP contribution < -0.4 is 10.1 Å². The van der Waals surface area contributed by atoms with Gasteiger partial charge in [0.05, 0.1) is 7.11 Å². The molecule has 0 aliphatic carbocycles. The van der Waals surface area contributed by atoms with E-state index in [4.69, 9.17) is 0 Å². The van der Waals surface area contributed by atoms with Crippen LogP contribution in [0.2, 0.25) is 0 Å². The summed E-state index contributed by atoms with van der Waals surface area (Å²) in [5, 5.41) is 2.05. The predicted octanol–water partition coefficient (Wildman–Crippen LogP) is 3.50. The van der Waals surface area contributed by atoms with E-state index in [1.165, 1.54) is 12.3 Å². The number of ether oxygens (including phenoxy) is 1. The second-order valence-corrected chi connectivity index (χ2v) is 5.23. The summed E-state index contributed by atoms with van der Waals surface area (Å²) in [6, 6.07) is 2.94. The standard InChI is InChI=1S/C13H7F4IN2O2/c1-22-12-10(16)8(14)7(9(15)11(12)17)13(21)20-6-3-2-5(18)4-19-6/h2-4H,1H3,(H,19,20,21). The number of hydrogen-bond acceptors (Lipinski definition) is 3. The molecule has 116 valence electrons. The molecule has 0 aliphatic heterocycles. The van der Waals surface area contributed by atoms with Crippen molar-refractivity contribution in [2.45, 2.75) is 0 Å². The molecule has 0 bridgehead atoms. The zero-order valence-corrected chi connectivity index (χ0v) is 13.0. The Labute approximate surface area is 135 Å². The van der Waals surface area contributed by atoms with Crippen LogP contribution in [0.15, 0.2) is 18.3 Å². The van der Waals surface area contributed by atoms with Crippen molar-refractivity contribution in [1.29, 1.82) is 0 Å². The molecule has 0 atom stereocenters. The summed E-state index contributed by atoms with van der Waals surface area (Å²) in [7, 11) is 0.843. The molecular formula is C13H7F4IN2O2. The Morgan fingerprint density at radius 2 is 1.73 bits per heavy atom. The second kappa shape index (κ2) is 6.46.